The van der Waals surface area contributed by atoms with Crippen molar-refractivity contribution in [3.05, 3.63) is 45.4 Å². The first-order valence-electron chi connectivity index (χ1n) is 5.83. The zero-order valence-corrected chi connectivity index (χ0v) is 11.6. The number of rotatable bonds is 4. The number of nitrogens with zero attached hydrogens (tertiary/aromatic N) is 4. The lowest BCUT2D eigenvalue weighted by molar-refractivity contribution is 0.664. The molecule has 0 saturated heterocycles. The number of aromatic nitrogens is 4. The zero-order chi connectivity index (χ0) is 14.5. The van der Waals surface area contributed by atoms with E-state index in [1.807, 2.05) is 0 Å². The summed E-state index contributed by atoms with van der Waals surface area (Å²) in [5.74, 6) is 3.02. The van der Waals surface area contributed by atoms with Crippen LogP contribution >= 0.6 is 11.6 Å². The smallest absolute Gasteiger partial charge is 0.292 e. The molecule has 0 aliphatic carbocycles. The molecule has 0 aliphatic rings. The molecule has 0 radical (unpaired) electrons. The second-order valence-electron chi connectivity index (χ2n) is 3.98. The fourth-order valence-corrected chi connectivity index (χ4v) is 1.80. The first-order valence-corrected chi connectivity index (χ1v) is 6.21. The molecule has 0 saturated carbocycles. The van der Waals surface area contributed by atoms with Crippen molar-refractivity contribution in [3.8, 4) is 12.3 Å². The molecule has 0 bridgehead atoms. The quantitative estimate of drug-likeness (QED) is 0.858. The highest BCUT2D eigenvalue weighted by Gasteiger charge is 2.09. The van der Waals surface area contributed by atoms with Gasteiger partial charge in [0.1, 0.15) is 18.1 Å². The van der Waals surface area contributed by atoms with Crippen molar-refractivity contribution in [2.45, 2.75) is 20.0 Å². The molecule has 0 fully saturated rings. The van der Waals surface area contributed by atoms with E-state index < -0.39 is 0 Å². The molecule has 2 rings (SSSR count). The lowest BCUT2D eigenvalue weighted by atomic mass is 10.3. The molecule has 1 N–H and O–H groups in total. The highest BCUT2D eigenvalue weighted by atomic mass is 35.5. The number of anilines is 1. The van der Waals surface area contributed by atoms with Gasteiger partial charge in [-0.15, -0.1) is 6.42 Å². The van der Waals surface area contributed by atoms with Gasteiger partial charge in [-0.2, -0.15) is 5.10 Å². The molecule has 20 heavy (non-hydrogen) atoms. The third-order valence-corrected chi connectivity index (χ3v) is 2.81. The minimum atomic E-state index is -0.360. The van der Waals surface area contributed by atoms with E-state index >= 15 is 0 Å². The molecule has 6 nitrogen and oxygen atoms in total. The summed E-state index contributed by atoms with van der Waals surface area (Å²) < 4.78 is 1.17. The maximum absolute atomic E-state index is 12.1. The average molecular weight is 290 g/mol. The Labute approximate surface area is 120 Å². The van der Waals surface area contributed by atoms with Crippen LogP contribution < -0.4 is 10.9 Å². The van der Waals surface area contributed by atoms with Crippen LogP contribution in [0, 0.1) is 19.3 Å². The van der Waals surface area contributed by atoms with Crippen LogP contribution in [0.15, 0.2) is 23.3 Å². The van der Waals surface area contributed by atoms with Crippen LogP contribution in [-0.2, 0) is 13.1 Å². The Morgan fingerprint density at radius 2 is 2.35 bits per heavy atom. The maximum atomic E-state index is 12.1. The first kappa shape index (κ1) is 14.0. The van der Waals surface area contributed by atoms with E-state index in [4.69, 9.17) is 18.0 Å². The number of terminal acetylenes is 1. The second kappa shape index (κ2) is 6.17. The van der Waals surface area contributed by atoms with E-state index in [2.05, 4.69) is 26.3 Å². The predicted molar refractivity (Wildman–Crippen MR) is 76.4 cm³/mol. The van der Waals surface area contributed by atoms with Gasteiger partial charge in [-0.25, -0.2) is 14.6 Å². The topological polar surface area (TPSA) is 72.7 Å². The van der Waals surface area contributed by atoms with Crippen LogP contribution in [0.2, 0.25) is 5.02 Å². The number of halogens is 1. The van der Waals surface area contributed by atoms with Crippen molar-refractivity contribution >= 4 is 17.3 Å². The lowest BCUT2D eigenvalue weighted by Crippen LogP contribution is -2.25. The number of aryl methyl sites for hydroxylation is 1. The molecule has 0 atom stereocenters. The van der Waals surface area contributed by atoms with Gasteiger partial charge in [-0.05, 0) is 13.0 Å². The largest absolute Gasteiger partial charge is 0.374 e. The summed E-state index contributed by atoms with van der Waals surface area (Å²) in [5, 5.41) is 7.07. The molecule has 2 aromatic rings. The van der Waals surface area contributed by atoms with E-state index in [-0.39, 0.29) is 22.8 Å². The maximum Gasteiger partial charge on any atom is 0.292 e. The van der Waals surface area contributed by atoms with E-state index in [0.717, 1.165) is 5.69 Å². The Morgan fingerprint density at radius 1 is 1.55 bits per heavy atom. The second-order valence-corrected chi connectivity index (χ2v) is 4.39. The Morgan fingerprint density at radius 3 is 3.05 bits per heavy atom. The van der Waals surface area contributed by atoms with Gasteiger partial charge in [0.15, 0.2) is 0 Å². The molecular formula is C13H12ClN5O. The van der Waals surface area contributed by atoms with Gasteiger partial charge in [0.25, 0.3) is 5.56 Å². The van der Waals surface area contributed by atoms with E-state index in [9.17, 15) is 4.79 Å². The number of hydrogen-bond donors (Lipinski definition) is 1. The highest BCUT2D eigenvalue weighted by Crippen LogP contribution is 2.15. The van der Waals surface area contributed by atoms with E-state index in [0.29, 0.717) is 12.4 Å². The summed E-state index contributed by atoms with van der Waals surface area (Å²) in [7, 11) is 0. The summed E-state index contributed by atoms with van der Waals surface area (Å²) in [4.78, 5) is 20.3. The van der Waals surface area contributed by atoms with Gasteiger partial charge in [-0.1, -0.05) is 17.5 Å². The van der Waals surface area contributed by atoms with Gasteiger partial charge in [-0.3, -0.25) is 4.79 Å². The summed E-state index contributed by atoms with van der Waals surface area (Å²) in [6.45, 7) is 2.25. The van der Waals surface area contributed by atoms with Crippen molar-refractivity contribution in [2.75, 3.05) is 5.32 Å². The fraction of sp³-hybridized carbons (Fsp3) is 0.231. The van der Waals surface area contributed by atoms with Crippen LogP contribution in [0.4, 0.5) is 5.69 Å². The summed E-state index contributed by atoms with van der Waals surface area (Å²) in [6.07, 6.45) is 8.22. The lowest BCUT2D eigenvalue weighted by Gasteiger charge is -2.09. The van der Waals surface area contributed by atoms with Crippen LogP contribution in [-0.4, -0.2) is 19.7 Å². The fourth-order valence-electron chi connectivity index (χ4n) is 1.61. The third kappa shape index (κ3) is 3.13. The van der Waals surface area contributed by atoms with Crippen LogP contribution in [0.3, 0.4) is 0 Å². The van der Waals surface area contributed by atoms with Gasteiger partial charge in [0.2, 0.25) is 0 Å². The van der Waals surface area contributed by atoms with Gasteiger partial charge >= 0.3 is 0 Å². The number of hydrogen-bond acceptors (Lipinski definition) is 5. The van der Waals surface area contributed by atoms with Crippen molar-refractivity contribution in [3.63, 3.8) is 0 Å². The third-order valence-electron chi connectivity index (χ3n) is 2.52. The molecule has 2 aromatic heterocycles. The highest BCUT2D eigenvalue weighted by molar-refractivity contribution is 6.32. The standard InChI is InChI=1S/C13H12ClN5O/c1-3-6-19-13(20)12(11(14)8-17-19)16-7-10-4-5-15-9(2)18-10/h1,4-5,8,16H,6-7H2,2H3. The zero-order valence-electron chi connectivity index (χ0n) is 10.8. The summed E-state index contributed by atoms with van der Waals surface area (Å²) in [6, 6.07) is 1.76. The van der Waals surface area contributed by atoms with Gasteiger partial charge < -0.3 is 5.32 Å². The molecular weight excluding hydrogens is 278 g/mol. The Bertz CT molecular complexity index is 719. The average Bonchev–Trinajstić information content (AvgIpc) is 2.42. The van der Waals surface area contributed by atoms with Crippen molar-refractivity contribution in [1.82, 2.24) is 19.7 Å². The molecule has 0 spiro atoms. The number of nitrogens with one attached hydrogen (secondary N) is 1. The molecule has 0 unspecified atom stereocenters. The molecule has 0 amide bonds. The normalized spacial score (nSPS) is 10.1. The van der Waals surface area contributed by atoms with Gasteiger partial charge in [0, 0.05) is 6.20 Å². The van der Waals surface area contributed by atoms with E-state index in [1.54, 1.807) is 19.2 Å². The Balaban J connectivity index is 2.23. The Hall–Kier alpha value is -2.39. The molecule has 0 aliphatic heterocycles. The predicted octanol–water partition coefficient (Wildman–Crippen LogP) is 1.24. The minimum Gasteiger partial charge on any atom is -0.374 e. The van der Waals surface area contributed by atoms with Crippen LogP contribution in [0.1, 0.15) is 11.5 Å². The van der Waals surface area contributed by atoms with Crippen molar-refractivity contribution in [1.29, 1.82) is 0 Å². The Kier molecular flexibility index (Phi) is 4.33. The molecule has 2 heterocycles. The SMILES string of the molecule is C#CCn1ncc(Cl)c(NCc2ccnc(C)n2)c1=O. The van der Waals surface area contributed by atoms with Crippen LogP contribution in [0.5, 0.6) is 0 Å². The van der Waals surface area contributed by atoms with Crippen LogP contribution in [0.25, 0.3) is 0 Å². The molecule has 102 valence electrons. The van der Waals surface area contributed by atoms with Crippen molar-refractivity contribution in [2.24, 2.45) is 0 Å². The summed E-state index contributed by atoms with van der Waals surface area (Å²) >= 11 is 5.98. The molecule has 7 heteroatoms. The van der Waals surface area contributed by atoms with Gasteiger partial charge in [0.05, 0.1) is 23.5 Å². The minimum absolute atomic E-state index is 0.0945. The summed E-state index contributed by atoms with van der Waals surface area (Å²) in [5.41, 5.74) is 0.655. The monoisotopic (exact) mass is 289 g/mol. The first-order chi connectivity index (χ1) is 9.61. The van der Waals surface area contributed by atoms with E-state index in [1.165, 1.54) is 10.9 Å². The molecule has 0 aromatic carbocycles. The van der Waals surface area contributed by atoms with Crippen molar-refractivity contribution < 1.29 is 0 Å².